The molecule has 2 rings (SSSR count). The molecule has 2 atom stereocenters. The van der Waals surface area contributed by atoms with Gasteiger partial charge in [-0.2, -0.15) is 0 Å². The molecule has 0 aromatic carbocycles. The van der Waals surface area contributed by atoms with Crippen molar-refractivity contribution in [3.8, 4) is 0 Å². The first-order chi connectivity index (χ1) is 11.1. The van der Waals surface area contributed by atoms with Crippen LogP contribution in [0.2, 0.25) is 0 Å². The lowest BCUT2D eigenvalue weighted by Crippen LogP contribution is -2.34. The summed E-state index contributed by atoms with van der Waals surface area (Å²) in [4.78, 5) is 44.9. The Morgan fingerprint density at radius 2 is 1.70 bits per heavy atom. The average molecular weight is 312 g/mol. The number of aromatic nitrogens is 2. The number of methoxy groups -OCH3 is 1. The minimum atomic E-state index is -1.23. The van der Waals surface area contributed by atoms with Crippen LogP contribution in [-0.4, -0.2) is 34.6 Å². The van der Waals surface area contributed by atoms with Gasteiger partial charge in [-0.15, -0.1) is 0 Å². The Kier molecular flexibility index (Phi) is 5.30. The molecule has 0 saturated carbocycles. The number of ether oxygens (including phenoxy) is 1. The number of Topliss-reactive ketones (excluding diaryl/α,β-unsaturated/α-hetero) is 2. The summed E-state index contributed by atoms with van der Waals surface area (Å²) in [6.45, 7) is 1.27. The fraction of sp³-hybridized carbons (Fsp3) is 0.235. The van der Waals surface area contributed by atoms with Crippen LogP contribution >= 0.6 is 0 Å². The normalized spacial score (nSPS) is 13.0. The summed E-state index contributed by atoms with van der Waals surface area (Å²) >= 11 is 0. The van der Waals surface area contributed by atoms with Crippen LogP contribution in [0.1, 0.15) is 28.8 Å². The zero-order valence-corrected chi connectivity index (χ0v) is 12.8. The van der Waals surface area contributed by atoms with Crippen molar-refractivity contribution in [1.82, 2.24) is 9.97 Å². The van der Waals surface area contributed by atoms with Crippen LogP contribution in [0.25, 0.3) is 0 Å². The van der Waals surface area contributed by atoms with Gasteiger partial charge in [0, 0.05) is 30.4 Å². The Hall–Kier alpha value is -2.89. The Balaban J connectivity index is 2.54. The van der Waals surface area contributed by atoms with Crippen LogP contribution in [0.15, 0.2) is 49.1 Å². The van der Waals surface area contributed by atoms with E-state index in [4.69, 9.17) is 4.74 Å². The SMILES string of the molecule is COC(=O)C(C(C)=O)C(C(=O)c1cccnc1)c1cccnc1. The summed E-state index contributed by atoms with van der Waals surface area (Å²) in [5, 5.41) is 0. The molecule has 0 amide bonds. The second-order valence-corrected chi connectivity index (χ2v) is 4.98. The van der Waals surface area contributed by atoms with Gasteiger partial charge in [0.1, 0.15) is 11.7 Å². The molecule has 118 valence electrons. The van der Waals surface area contributed by atoms with Gasteiger partial charge >= 0.3 is 5.97 Å². The maximum absolute atomic E-state index is 12.9. The topological polar surface area (TPSA) is 86.2 Å². The maximum Gasteiger partial charge on any atom is 0.317 e. The first-order valence-electron chi connectivity index (χ1n) is 6.98. The average Bonchev–Trinajstić information content (AvgIpc) is 2.59. The lowest BCUT2D eigenvalue weighted by molar-refractivity contribution is -0.149. The van der Waals surface area contributed by atoms with Gasteiger partial charge in [0.2, 0.25) is 0 Å². The zero-order valence-electron chi connectivity index (χ0n) is 12.8. The lowest BCUT2D eigenvalue weighted by Gasteiger charge is -2.22. The van der Waals surface area contributed by atoms with Gasteiger partial charge in [0.05, 0.1) is 13.0 Å². The van der Waals surface area contributed by atoms with E-state index in [1.165, 1.54) is 26.4 Å². The summed E-state index contributed by atoms with van der Waals surface area (Å²) in [6.07, 6.45) is 5.96. The van der Waals surface area contributed by atoms with Crippen molar-refractivity contribution in [2.75, 3.05) is 7.11 Å². The van der Waals surface area contributed by atoms with E-state index in [-0.39, 0.29) is 5.78 Å². The predicted octanol–water partition coefficient (Wildman–Crippen LogP) is 1.82. The monoisotopic (exact) mass is 312 g/mol. The molecule has 0 spiro atoms. The van der Waals surface area contributed by atoms with E-state index in [0.717, 1.165) is 0 Å². The van der Waals surface area contributed by atoms with Crippen LogP contribution in [0.3, 0.4) is 0 Å². The Morgan fingerprint density at radius 3 is 2.17 bits per heavy atom. The number of pyridine rings is 2. The Labute approximate surface area is 133 Å². The van der Waals surface area contributed by atoms with Crippen LogP contribution in [-0.2, 0) is 14.3 Å². The van der Waals surface area contributed by atoms with Crippen molar-refractivity contribution in [3.63, 3.8) is 0 Å². The highest BCUT2D eigenvalue weighted by atomic mass is 16.5. The molecule has 0 aliphatic rings. The van der Waals surface area contributed by atoms with E-state index in [9.17, 15) is 14.4 Å². The molecule has 2 aromatic rings. The van der Waals surface area contributed by atoms with E-state index in [1.807, 2.05) is 0 Å². The van der Waals surface area contributed by atoms with Crippen molar-refractivity contribution in [2.24, 2.45) is 5.92 Å². The van der Waals surface area contributed by atoms with Crippen LogP contribution in [0, 0.1) is 5.92 Å². The number of carbonyl (C=O) groups excluding carboxylic acids is 3. The second kappa shape index (κ2) is 7.40. The third-order valence-corrected chi connectivity index (χ3v) is 3.50. The second-order valence-electron chi connectivity index (χ2n) is 4.98. The number of hydrogen-bond donors (Lipinski definition) is 0. The molecular formula is C17H16N2O4. The Morgan fingerprint density at radius 1 is 1.04 bits per heavy atom. The smallest absolute Gasteiger partial charge is 0.317 e. The molecule has 2 unspecified atom stereocenters. The highest BCUT2D eigenvalue weighted by molar-refractivity contribution is 6.09. The summed E-state index contributed by atoms with van der Waals surface area (Å²) < 4.78 is 4.71. The number of hydrogen-bond acceptors (Lipinski definition) is 6. The van der Waals surface area contributed by atoms with Crippen molar-refractivity contribution in [1.29, 1.82) is 0 Å². The van der Waals surface area contributed by atoms with Gasteiger partial charge in [0.15, 0.2) is 5.78 Å². The molecule has 2 aromatic heterocycles. The lowest BCUT2D eigenvalue weighted by atomic mass is 9.79. The largest absolute Gasteiger partial charge is 0.468 e. The molecule has 0 aliphatic heterocycles. The van der Waals surface area contributed by atoms with Crippen molar-refractivity contribution in [2.45, 2.75) is 12.8 Å². The highest BCUT2D eigenvalue weighted by Crippen LogP contribution is 2.30. The Bertz CT molecular complexity index is 701. The molecular weight excluding hydrogens is 296 g/mol. The number of rotatable bonds is 6. The van der Waals surface area contributed by atoms with E-state index in [2.05, 4.69) is 9.97 Å². The van der Waals surface area contributed by atoms with Crippen molar-refractivity contribution >= 4 is 17.5 Å². The predicted molar refractivity (Wildman–Crippen MR) is 81.7 cm³/mol. The molecule has 0 fully saturated rings. The first kappa shape index (κ1) is 16.5. The van der Waals surface area contributed by atoms with E-state index in [0.29, 0.717) is 11.1 Å². The van der Waals surface area contributed by atoms with Gasteiger partial charge in [-0.1, -0.05) is 6.07 Å². The summed E-state index contributed by atoms with van der Waals surface area (Å²) in [7, 11) is 1.19. The first-order valence-corrected chi connectivity index (χ1v) is 6.98. The molecule has 0 radical (unpaired) electrons. The van der Waals surface area contributed by atoms with Crippen LogP contribution in [0.5, 0.6) is 0 Å². The minimum absolute atomic E-state index is 0.316. The standard InChI is InChI=1S/C17H16N2O4/c1-11(20)14(17(22)23-2)15(12-5-3-7-18-9-12)16(21)13-6-4-8-19-10-13/h3-10,14-15H,1-2H3. The highest BCUT2D eigenvalue weighted by Gasteiger charge is 2.39. The van der Waals surface area contributed by atoms with Gasteiger partial charge in [-0.3, -0.25) is 24.4 Å². The van der Waals surface area contributed by atoms with Gasteiger partial charge in [0.25, 0.3) is 0 Å². The van der Waals surface area contributed by atoms with Crippen LogP contribution in [0.4, 0.5) is 0 Å². The van der Waals surface area contributed by atoms with Gasteiger partial charge < -0.3 is 4.74 Å². The fourth-order valence-corrected chi connectivity index (χ4v) is 2.41. The van der Waals surface area contributed by atoms with Gasteiger partial charge in [-0.25, -0.2) is 0 Å². The van der Waals surface area contributed by atoms with E-state index >= 15 is 0 Å². The minimum Gasteiger partial charge on any atom is -0.468 e. The molecule has 0 bridgehead atoms. The molecule has 0 saturated heterocycles. The molecule has 6 heteroatoms. The number of ketones is 2. The summed E-state index contributed by atoms with van der Waals surface area (Å²) in [5.41, 5.74) is 0.795. The number of carbonyl (C=O) groups is 3. The van der Waals surface area contributed by atoms with Crippen molar-refractivity contribution < 1.29 is 19.1 Å². The van der Waals surface area contributed by atoms with E-state index in [1.54, 1.807) is 36.7 Å². The maximum atomic E-state index is 12.9. The third kappa shape index (κ3) is 3.66. The van der Waals surface area contributed by atoms with Crippen LogP contribution < -0.4 is 0 Å². The number of esters is 1. The van der Waals surface area contributed by atoms with Gasteiger partial charge in [-0.05, 0) is 30.7 Å². The third-order valence-electron chi connectivity index (χ3n) is 3.50. The molecule has 0 aliphatic carbocycles. The number of nitrogens with zero attached hydrogens (tertiary/aromatic N) is 2. The molecule has 0 N–H and O–H groups in total. The fourth-order valence-electron chi connectivity index (χ4n) is 2.41. The van der Waals surface area contributed by atoms with Crippen molar-refractivity contribution in [3.05, 3.63) is 60.2 Å². The quantitative estimate of drug-likeness (QED) is 0.459. The van der Waals surface area contributed by atoms with E-state index < -0.39 is 23.6 Å². The summed E-state index contributed by atoms with van der Waals surface area (Å²) in [6, 6.07) is 6.51. The molecule has 23 heavy (non-hydrogen) atoms. The zero-order chi connectivity index (χ0) is 16.8. The summed E-state index contributed by atoms with van der Waals surface area (Å²) in [5.74, 6) is -3.79. The molecule has 6 nitrogen and oxygen atoms in total. The molecule has 2 heterocycles.